The van der Waals surface area contributed by atoms with Gasteiger partial charge >= 0.3 is 0 Å². The minimum absolute atomic E-state index is 0.246. The molecule has 22 heavy (non-hydrogen) atoms. The SMILES string of the molecule is CCCCC[n+]1ccc(N2C(=O)c3ccccc3C2=O)cc1. The first-order valence-corrected chi connectivity index (χ1v) is 7.69. The van der Waals surface area contributed by atoms with Gasteiger partial charge in [-0.15, -0.1) is 0 Å². The molecule has 0 fully saturated rings. The quantitative estimate of drug-likeness (QED) is 0.483. The lowest BCUT2D eigenvalue weighted by Crippen LogP contribution is -2.34. The average molecular weight is 295 g/mol. The van der Waals surface area contributed by atoms with E-state index in [1.165, 1.54) is 17.7 Å². The number of aryl methyl sites for hydroxylation is 1. The van der Waals surface area contributed by atoms with Crippen LogP contribution in [0.25, 0.3) is 0 Å². The maximum absolute atomic E-state index is 12.4. The van der Waals surface area contributed by atoms with Crippen LogP contribution in [0.4, 0.5) is 5.69 Å². The summed E-state index contributed by atoms with van der Waals surface area (Å²) in [6.07, 6.45) is 7.37. The highest BCUT2D eigenvalue weighted by atomic mass is 16.2. The second kappa shape index (κ2) is 6.10. The lowest BCUT2D eigenvalue weighted by molar-refractivity contribution is -0.697. The van der Waals surface area contributed by atoms with Gasteiger partial charge < -0.3 is 0 Å². The lowest BCUT2D eigenvalue weighted by Gasteiger charge is -2.12. The van der Waals surface area contributed by atoms with Crippen molar-refractivity contribution < 1.29 is 14.2 Å². The molecule has 0 N–H and O–H groups in total. The maximum atomic E-state index is 12.4. The molecule has 0 saturated carbocycles. The second-order valence-electron chi connectivity index (χ2n) is 5.49. The van der Waals surface area contributed by atoms with Gasteiger partial charge in [-0.2, -0.15) is 0 Å². The van der Waals surface area contributed by atoms with Gasteiger partial charge in [-0.25, -0.2) is 9.47 Å². The number of carbonyl (C=O) groups is 2. The van der Waals surface area contributed by atoms with Crippen molar-refractivity contribution in [1.82, 2.24) is 0 Å². The molecule has 4 heteroatoms. The summed E-state index contributed by atoms with van der Waals surface area (Å²) in [6.45, 7) is 3.13. The van der Waals surface area contributed by atoms with Crippen LogP contribution < -0.4 is 9.47 Å². The molecular formula is C18H19N2O2+. The van der Waals surface area contributed by atoms with Gasteiger partial charge in [-0.05, 0) is 18.6 Å². The molecule has 0 unspecified atom stereocenters. The smallest absolute Gasteiger partial charge is 0.266 e. The molecule has 2 heterocycles. The number of aromatic nitrogens is 1. The Morgan fingerprint density at radius 1 is 0.909 bits per heavy atom. The average Bonchev–Trinajstić information content (AvgIpc) is 2.81. The highest BCUT2D eigenvalue weighted by Gasteiger charge is 2.36. The summed E-state index contributed by atoms with van der Waals surface area (Å²) in [5, 5.41) is 0. The van der Waals surface area contributed by atoms with Crippen LogP contribution in [0, 0.1) is 0 Å². The molecule has 0 radical (unpaired) electrons. The van der Waals surface area contributed by atoms with Gasteiger partial charge in [0.25, 0.3) is 11.8 Å². The van der Waals surface area contributed by atoms with Crippen LogP contribution in [-0.4, -0.2) is 11.8 Å². The Kier molecular flexibility index (Phi) is 4.00. The number of amides is 2. The molecule has 2 aromatic rings. The predicted molar refractivity (Wildman–Crippen MR) is 83.7 cm³/mol. The Hall–Kier alpha value is -2.49. The molecule has 1 aromatic carbocycles. The number of carbonyl (C=O) groups excluding carboxylic acids is 2. The standard InChI is InChI=1S/C18H19N2O2/c1-2-3-6-11-19-12-9-14(10-13-19)20-17(21)15-7-4-5-8-16(15)18(20)22/h4-5,7-10,12-13H,2-3,6,11H2,1H3/q+1. The number of benzene rings is 1. The summed E-state index contributed by atoms with van der Waals surface area (Å²) >= 11 is 0. The van der Waals surface area contributed by atoms with E-state index in [-0.39, 0.29) is 11.8 Å². The van der Waals surface area contributed by atoms with Crippen LogP contribution in [0.1, 0.15) is 46.9 Å². The van der Waals surface area contributed by atoms with Crippen LogP contribution in [0.3, 0.4) is 0 Å². The van der Waals surface area contributed by atoms with E-state index in [9.17, 15) is 9.59 Å². The minimum atomic E-state index is -0.246. The number of rotatable bonds is 5. The third kappa shape index (κ3) is 2.52. The molecule has 1 aliphatic rings. The molecule has 0 saturated heterocycles. The van der Waals surface area contributed by atoms with Crippen LogP contribution in [0.5, 0.6) is 0 Å². The Bertz CT molecular complexity index is 672. The number of fused-ring (bicyclic) bond motifs is 1. The van der Waals surface area contributed by atoms with Gasteiger partial charge in [-0.3, -0.25) is 9.59 Å². The van der Waals surface area contributed by atoms with Crippen LogP contribution in [-0.2, 0) is 6.54 Å². The zero-order chi connectivity index (χ0) is 15.5. The first-order chi connectivity index (χ1) is 10.7. The number of pyridine rings is 1. The number of nitrogens with zero attached hydrogens (tertiary/aromatic N) is 2. The first kappa shape index (κ1) is 14.4. The fraction of sp³-hybridized carbons (Fsp3) is 0.278. The van der Waals surface area contributed by atoms with Crippen molar-refractivity contribution in [3.05, 3.63) is 59.9 Å². The molecule has 1 aliphatic heterocycles. The molecular weight excluding hydrogens is 276 g/mol. The molecule has 3 rings (SSSR count). The van der Waals surface area contributed by atoms with E-state index in [4.69, 9.17) is 0 Å². The van der Waals surface area contributed by atoms with Gasteiger partial charge in [0.2, 0.25) is 0 Å². The Balaban J connectivity index is 1.81. The van der Waals surface area contributed by atoms with E-state index >= 15 is 0 Å². The third-order valence-electron chi connectivity index (χ3n) is 3.95. The molecule has 112 valence electrons. The fourth-order valence-electron chi connectivity index (χ4n) is 2.72. The monoisotopic (exact) mass is 295 g/mol. The van der Waals surface area contributed by atoms with Crippen molar-refractivity contribution in [3.8, 4) is 0 Å². The van der Waals surface area contributed by atoms with E-state index in [0.717, 1.165) is 13.0 Å². The van der Waals surface area contributed by atoms with Gasteiger partial charge in [-0.1, -0.05) is 25.5 Å². The maximum Gasteiger partial charge on any atom is 0.266 e. The number of anilines is 1. The van der Waals surface area contributed by atoms with Crippen LogP contribution in [0.2, 0.25) is 0 Å². The molecule has 0 bridgehead atoms. The highest BCUT2D eigenvalue weighted by molar-refractivity contribution is 6.34. The number of unbranched alkanes of at least 4 members (excludes halogenated alkanes) is 2. The van der Waals surface area contributed by atoms with Crippen molar-refractivity contribution in [2.75, 3.05) is 4.90 Å². The highest BCUT2D eigenvalue weighted by Crippen LogP contribution is 2.27. The van der Waals surface area contributed by atoms with E-state index in [2.05, 4.69) is 11.5 Å². The Morgan fingerprint density at radius 2 is 1.50 bits per heavy atom. The summed E-state index contributed by atoms with van der Waals surface area (Å²) < 4.78 is 2.08. The second-order valence-corrected chi connectivity index (χ2v) is 5.49. The van der Waals surface area contributed by atoms with Gasteiger partial charge in [0.15, 0.2) is 12.4 Å². The molecule has 0 atom stereocenters. The normalized spacial score (nSPS) is 13.6. The van der Waals surface area contributed by atoms with Crippen LogP contribution >= 0.6 is 0 Å². The Labute approximate surface area is 130 Å². The minimum Gasteiger partial charge on any atom is -0.268 e. The number of imide groups is 1. The van der Waals surface area contributed by atoms with Gasteiger partial charge in [0, 0.05) is 18.6 Å². The topological polar surface area (TPSA) is 41.3 Å². The van der Waals surface area contributed by atoms with Gasteiger partial charge in [0.05, 0.1) is 16.8 Å². The number of hydrogen-bond acceptors (Lipinski definition) is 2. The first-order valence-electron chi connectivity index (χ1n) is 7.69. The predicted octanol–water partition coefficient (Wildman–Crippen LogP) is 2.96. The molecule has 0 spiro atoms. The largest absolute Gasteiger partial charge is 0.268 e. The fourth-order valence-corrected chi connectivity index (χ4v) is 2.72. The van der Waals surface area contributed by atoms with Crippen molar-refractivity contribution in [2.45, 2.75) is 32.7 Å². The van der Waals surface area contributed by atoms with E-state index in [1.54, 1.807) is 24.3 Å². The van der Waals surface area contributed by atoms with E-state index in [1.807, 2.05) is 24.5 Å². The summed E-state index contributed by atoms with van der Waals surface area (Å²) in [4.78, 5) is 26.1. The third-order valence-corrected chi connectivity index (χ3v) is 3.95. The molecule has 2 amide bonds. The molecule has 1 aromatic heterocycles. The van der Waals surface area contributed by atoms with Gasteiger partial charge in [0.1, 0.15) is 6.54 Å². The summed E-state index contributed by atoms with van der Waals surface area (Å²) in [5.41, 5.74) is 1.58. The summed E-state index contributed by atoms with van der Waals surface area (Å²) in [5.74, 6) is -0.492. The van der Waals surface area contributed by atoms with Crippen molar-refractivity contribution in [1.29, 1.82) is 0 Å². The summed E-state index contributed by atoms with van der Waals surface area (Å²) in [6, 6.07) is 10.6. The summed E-state index contributed by atoms with van der Waals surface area (Å²) in [7, 11) is 0. The van der Waals surface area contributed by atoms with Crippen molar-refractivity contribution in [3.63, 3.8) is 0 Å². The zero-order valence-corrected chi connectivity index (χ0v) is 12.7. The van der Waals surface area contributed by atoms with Crippen molar-refractivity contribution >= 4 is 17.5 Å². The number of hydrogen-bond donors (Lipinski definition) is 0. The zero-order valence-electron chi connectivity index (χ0n) is 12.7. The molecule has 4 nitrogen and oxygen atoms in total. The van der Waals surface area contributed by atoms with E-state index in [0.29, 0.717) is 16.8 Å². The van der Waals surface area contributed by atoms with Crippen molar-refractivity contribution in [2.24, 2.45) is 0 Å². The lowest BCUT2D eigenvalue weighted by atomic mass is 10.1. The van der Waals surface area contributed by atoms with Crippen LogP contribution in [0.15, 0.2) is 48.8 Å². The Morgan fingerprint density at radius 3 is 2.05 bits per heavy atom. The van der Waals surface area contributed by atoms with E-state index < -0.39 is 0 Å². The molecule has 0 aliphatic carbocycles.